The Hall–Kier alpha value is -2.73. The molecule has 1 aromatic carbocycles. The van der Waals surface area contributed by atoms with E-state index < -0.39 is 16.4 Å². The molecule has 29 heavy (non-hydrogen) atoms. The highest BCUT2D eigenvalue weighted by atomic mass is 32.2. The Morgan fingerprint density at radius 2 is 2.10 bits per heavy atom. The first-order chi connectivity index (χ1) is 14.0. The van der Waals surface area contributed by atoms with Crippen LogP contribution in [0, 0.1) is 15.9 Å². The molecule has 2 aliphatic rings. The minimum atomic E-state index is -0.949. The molecule has 2 fully saturated rings. The summed E-state index contributed by atoms with van der Waals surface area (Å²) < 4.78 is 20.9. The van der Waals surface area contributed by atoms with Crippen molar-refractivity contribution in [1.29, 1.82) is 0 Å². The molecule has 0 unspecified atom stereocenters. The number of hydrogen-bond donors (Lipinski definition) is 1. The van der Waals surface area contributed by atoms with Crippen LogP contribution >= 0.6 is 11.8 Å². The molecule has 1 aliphatic heterocycles. The van der Waals surface area contributed by atoms with Gasteiger partial charge in [-0.05, 0) is 25.0 Å². The van der Waals surface area contributed by atoms with E-state index in [1.807, 2.05) is 0 Å². The van der Waals surface area contributed by atoms with Crippen molar-refractivity contribution in [3.63, 3.8) is 0 Å². The van der Waals surface area contributed by atoms with Crippen molar-refractivity contribution in [1.82, 2.24) is 14.8 Å². The minimum absolute atomic E-state index is 0.0547. The van der Waals surface area contributed by atoms with Gasteiger partial charge >= 0.3 is 5.69 Å². The molecule has 12 heteroatoms. The van der Waals surface area contributed by atoms with Crippen molar-refractivity contribution >= 4 is 35.0 Å². The summed E-state index contributed by atoms with van der Waals surface area (Å²) in [6.07, 6.45) is 2.10. The molecule has 1 aromatic heterocycles. The van der Waals surface area contributed by atoms with Crippen LogP contribution in [-0.4, -0.2) is 57.7 Å². The lowest BCUT2D eigenvalue weighted by atomic mass is 10.2. The summed E-state index contributed by atoms with van der Waals surface area (Å²) in [4.78, 5) is 24.4. The number of nitrogens with zero attached hydrogens (tertiary/aromatic N) is 5. The molecule has 1 N–H and O–H groups in total. The molecule has 1 saturated heterocycles. The van der Waals surface area contributed by atoms with E-state index in [9.17, 15) is 19.3 Å². The van der Waals surface area contributed by atoms with E-state index in [4.69, 9.17) is 4.74 Å². The standard InChI is InChI=1S/C17H19FN6O4S/c18-13-4-1-11(9-14(13)24(26)27)19-15(25)10-29-17-21-20-16(23(17)12-2-3-12)22-5-7-28-8-6-22/h1,4,9,12H,2-3,5-8,10H2,(H,19,25). The molecule has 1 saturated carbocycles. The molecule has 0 radical (unpaired) electrons. The zero-order valence-electron chi connectivity index (χ0n) is 15.4. The highest BCUT2D eigenvalue weighted by Gasteiger charge is 2.32. The zero-order valence-corrected chi connectivity index (χ0v) is 16.2. The molecule has 2 aromatic rings. The van der Waals surface area contributed by atoms with Crippen molar-refractivity contribution in [3.8, 4) is 0 Å². The SMILES string of the molecule is O=C(CSc1nnc(N2CCOCC2)n1C1CC1)Nc1ccc(F)c([N+](=O)[O-])c1. The molecule has 4 rings (SSSR count). The number of amides is 1. The number of morpholine rings is 1. The Labute approximate surface area is 169 Å². The maximum atomic E-state index is 13.4. The average Bonchev–Trinajstić information content (AvgIpc) is 3.47. The number of rotatable bonds is 7. The molecule has 0 atom stereocenters. The van der Waals surface area contributed by atoms with Gasteiger partial charge in [0.25, 0.3) is 0 Å². The Morgan fingerprint density at radius 1 is 1.34 bits per heavy atom. The maximum absolute atomic E-state index is 13.4. The van der Waals surface area contributed by atoms with Crippen LogP contribution < -0.4 is 10.2 Å². The quantitative estimate of drug-likeness (QED) is 0.410. The van der Waals surface area contributed by atoms with Gasteiger partial charge in [-0.1, -0.05) is 11.8 Å². The lowest BCUT2D eigenvalue weighted by Gasteiger charge is -2.27. The first-order valence-electron chi connectivity index (χ1n) is 9.17. The smallest absolute Gasteiger partial charge is 0.306 e. The predicted octanol–water partition coefficient (Wildman–Crippen LogP) is 2.23. The number of nitro benzene ring substituents is 1. The number of anilines is 2. The number of ether oxygens (including phenoxy) is 1. The molecule has 0 bridgehead atoms. The number of benzene rings is 1. The van der Waals surface area contributed by atoms with Gasteiger partial charge in [0.15, 0.2) is 5.16 Å². The van der Waals surface area contributed by atoms with Gasteiger partial charge < -0.3 is 15.0 Å². The number of nitro groups is 1. The second-order valence-corrected chi connectivity index (χ2v) is 7.69. The maximum Gasteiger partial charge on any atom is 0.306 e. The Morgan fingerprint density at radius 3 is 2.79 bits per heavy atom. The largest absolute Gasteiger partial charge is 0.378 e. The van der Waals surface area contributed by atoms with E-state index in [1.54, 1.807) is 0 Å². The van der Waals surface area contributed by atoms with Gasteiger partial charge in [-0.2, -0.15) is 4.39 Å². The Kier molecular flexibility index (Phi) is 5.62. The molecule has 1 amide bonds. The molecule has 2 heterocycles. The number of hydrogen-bond acceptors (Lipinski definition) is 8. The normalized spacial score (nSPS) is 16.7. The summed E-state index contributed by atoms with van der Waals surface area (Å²) in [5, 5.41) is 22.6. The summed E-state index contributed by atoms with van der Waals surface area (Å²) in [6, 6.07) is 3.59. The van der Waals surface area contributed by atoms with Gasteiger partial charge in [-0.3, -0.25) is 19.5 Å². The van der Waals surface area contributed by atoms with Gasteiger partial charge in [-0.15, -0.1) is 10.2 Å². The van der Waals surface area contributed by atoms with E-state index in [0.29, 0.717) is 24.4 Å². The Balaban J connectivity index is 1.41. The van der Waals surface area contributed by atoms with Gasteiger partial charge in [0, 0.05) is 30.9 Å². The molecule has 10 nitrogen and oxygen atoms in total. The van der Waals surface area contributed by atoms with Crippen molar-refractivity contribution < 1.29 is 18.8 Å². The van der Waals surface area contributed by atoms with Crippen molar-refractivity contribution in [2.24, 2.45) is 0 Å². The van der Waals surface area contributed by atoms with Crippen LogP contribution in [0.25, 0.3) is 0 Å². The lowest BCUT2D eigenvalue weighted by Crippen LogP contribution is -2.38. The fraction of sp³-hybridized carbons (Fsp3) is 0.471. The third-order valence-electron chi connectivity index (χ3n) is 4.61. The van der Waals surface area contributed by atoms with Crippen LogP contribution in [0.5, 0.6) is 0 Å². The van der Waals surface area contributed by atoms with Crippen LogP contribution in [0.2, 0.25) is 0 Å². The topological polar surface area (TPSA) is 115 Å². The summed E-state index contributed by atoms with van der Waals surface area (Å²) >= 11 is 1.25. The number of nitrogens with one attached hydrogen (secondary N) is 1. The zero-order chi connectivity index (χ0) is 20.4. The van der Waals surface area contributed by atoms with Crippen LogP contribution in [0.1, 0.15) is 18.9 Å². The third kappa shape index (κ3) is 4.48. The van der Waals surface area contributed by atoms with Gasteiger partial charge in [0.2, 0.25) is 17.7 Å². The van der Waals surface area contributed by atoms with Gasteiger partial charge in [0.05, 0.1) is 23.9 Å². The molecular formula is C17H19FN6O4S. The monoisotopic (exact) mass is 422 g/mol. The number of halogens is 1. The third-order valence-corrected chi connectivity index (χ3v) is 5.55. The fourth-order valence-corrected chi connectivity index (χ4v) is 3.86. The van der Waals surface area contributed by atoms with Crippen molar-refractivity contribution in [2.75, 3.05) is 42.3 Å². The predicted molar refractivity (Wildman–Crippen MR) is 104 cm³/mol. The second-order valence-electron chi connectivity index (χ2n) is 6.74. The first kappa shape index (κ1) is 19.6. The summed E-state index contributed by atoms with van der Waals surface area (Å²) in [5.74, 6) is -0.461. The number of carbonyl (C=O) groups excluding carboxylic acids is 1. The van der Waals surface area contributed by atoms with Crippen LogP contribution in [0.4, 0.5) is 21.7 Å². The van der Waals surface area contributed by atoms with Crippen LogP contribution in [-0.2, 0) is 9.53 Å². The lowest BCUT2D eigenvalue weighted by molar-refractivity contribution is -0.387. The number of aromatic nitrogens is 3. The molecule has 0 spiro atoms. The molecule has 1 aliphatic carbocycles. The fourth-order valence-electron chi connectivity index (χ4n) is 3.06. The van der Waals surface area contributed by atoms with Gasteiger partial charge in [0.1, 0.15) is 0 Å². The highest BCUT2D eigenvalue weighted by molar-refractivity contribution is 7.99. The van der Waals surface area contributed by atoms with E-state index in [-0.39, 0.29) is 17.3 Å². The van der Waals surface area contributed by atoms with Crippen molar-refractivity contribution in [2.45, 2.75) is 24.0 Å². The van der Waals surface area contributed by atoms with Crippen LogP contribution in [0.15, 0.2) is 23.4 Å². The first-order valence-corrected chi connectivity index (χ1v) is 10.2. The Bertz CT molecular complexity index is 929. The van der Waals surface area contributed by atoms with Gasteiger partial charge in [-0.25, -0.2) is 0 Å². The van der Waals surface area contributed by atoms with Crippen LogP contribution in [0.3, 0.4) is 0 Å². The summed E-state index contributed by atoms with van der Waals surface area (Å²) in [6.45, 7) is 2.79. The van der Waals surface area contributed by atoms with E-state index in [0.717, 1.165) is 44.0 Å². The van der Waals surface area contributed by atoms with E-state index >= 15 is 0 Å². The van der Waals surface area contributed by atoms with Crippen molar-refractivity contribution in [3.05, 3.63) is 34.1 Å². The minimum Gasteiger partial charge on any atom is -0.378 e. The highest BCUT2D eigenvalue weighted by Crippen LogP contribution is 2.41. The summed E-state index contributed by atoms with van der Waals surface area (Å²) in [5.41, 5.74) is -0.513. The average molecular weight is 422 g/mol. The van der Waals surface area contributed by atoms with E-state index in [2.05, 4.69) is 25.0 Å². The second kappa shape index (κ2) is 8.33. The number of thioether (sulfide) groups is 1. The van der Waals surface area contributed by atoms with E-state index in [1.165, 1.54) is 17.8 Å². The summed E-state index contributed by atoms with van der Waals surface area (Å²) in [7, 11) is 0. The molecular weight excluding hydrogens is 403 g/mol. The number of carbonyl (C=O) groups is 1. The molecule has 154 valence electrons.